The lowest BCUT2D eigenvalue weighted by Gasteiger charge is -2.36. The van der Waals surface area contributed by atoms with Gasteiger partial charge in [0.1, 0.15) is 7.42 Å². The zero-order valence-corrected chi connectivity index (χ0v) is 10.7. The van der Waals surface area contributed by atoms with Crippen molar-refractivity contribution in [3.63, 3.8) is 0 Å². The predicted molar refractivity (Wildman–Crippen MR) is 51.1 cm³/mol. The van der Waals surface area contributed by atoms with Crippen LogP contribution in [0.1, 0.15) is 0 Å². The fraction of sp³-hybridized carbons (Fsp3) is 1.00. The van der Waals surface area contributed by atoms with Crippen LogP contribution in [-0.2, 0) is 0 Å². The molecule has 0 bridgehead atoms. The van der Waals surface area contributed by atoms with Crippen LogP contribution in [0.3, 0.4) is 0 Å². The summed E-state index contributed by atoms with van der Waals surface area (Å²) in [6.07, 6.45) is 0. The van der Waals surface area contributed by atoms with Gasteiger partial charge in [-0.05, 0) is 5.67 Å². The van der Waals surface area contributed by atoms with Crippen LogP contribution in [-0.4, -0.2) is 18.2 Å². The van der Waals surface area contributed by atoms with Gasteiger partial charge in [-0.25, -0.2) is 0 Å². The maximum Gasteiger partial charge on any atom is 0.260 e. The third kappa shape index (κ3) is 1.35. The third-order valence-electron chi connectivity index (χ3n) is 1.19. The van der Waals surface area contributed by atoms with Gasteiger partial charge >= 0.3 is 0 Å². The second kappa shape index (κ2) is 2.54. The minimum absolute atomic E-state index is 0.485. The molecule has 0 amide bonds. The first-order valence-electron chi connectivity index (χ1n) is 2.20. The minimum atomic E-state index is -1.74. The second-order valence-electron chi connectivity index (χ2n) is 1.88. The quantitative estimate of drug-likeness (QED) is 0.366. The highest BCUT2D eigenvalue weighted by atomic mass is 79.9. The molecular formula is C2H4Br2Cl2Si2. The fourth-order valence-electron chi connectivity index (χ4n) is 0.580. The molecule has 0 spiro atoms. The number of alkyl halides is 1. The topological polar surface area (TPSA) is 0 Å². The largest absolute Gasteiger partial charge is 0.260 e. The SMILES string of the molecule is Cl[Si]1(Cl)C[SiH](Br)C1Br. The summed E-state index contributed by atoms with van der Waals surface area (Å²) in [6, 6.07) is 0. The van der Waals surface area contributed by atoms with E-state index in [9.17, 15) is 0 Å². The summed E-state index contributed by atoms with van der Waals surface area (Å²) < 4.78 is 0.485. The van der Waals surface area contributed by atoms with Crippen molar-refractivity contribution in [1.29, 1.82) is 0 Å². The maximum atomic E-state index is 5.91. The smallest absolute Gasteiger partial charge is 0.145 e. The number of rotatable bonds is 0. The van der Waals surface area contributed by atoms with Crippen LogP contribution < -0.4 is 0 Å². The summed E-state index contributed by atoms with van der Waals surface area (Å²) in [4.78, 5) is 0. The normalized spacial score (nSPS) is 43.5. The molecule has 1 aliphatic rings. The molecule has 0 aromatic carbocycles. The first-order chi connectivity index (χ1) is 3.54. The average molecular weight is 315 g/mol. The van der Waals surface area contributed by atoms with Gasteiger partial charge in [-0.1, -0.05) is 15.9 Å². The Balaban J connectivity index is 2.47. The van der Waals surface area contributed by atoms with Crippen molar-refractivity contribution in [2.45, 2.75) is 9.74 Å². The van der Waals surface area contributed by atoms with E-state index in [4.69, 9.17) is 22.2 Å². The van der Waals surface area contributed by atoms with Gasteiger partial charge < -0.3 is 0 Å². The molecule has 0 nitrogen and oxygen atoms in total. The molecule has 0 N–H and O–H groups in total. The highest BCUT2D eigenvalue weighted by molar-refractivity contribution is 9.26. The molecule has 6 heteroatoms. The summed E-state index contributed by atoms with van der Waals surface area (Å²) in [7, 11) is -0.661. The van der Waals surface area contributed by atoms with E-state index in [1.54, 1.807) is 0 Å². The van der Waals surface area contributed by atoms with Gasteiger partial charge in [0.05, 0.1) is 0 Å². The molecule has 8 heavy (non-hydrogen) atoms. The van der Waals surface area contributed by atoms with Crippen LogP contribution in [0.4, 0.5) is 0 Å². The highest BCUT2D eigenvalue weighted by Gasteiger charge is 2.53. The lowest BCUT2D eigenvalue weighted by Crippen LogP contribution is -2.55. The monoisotopic (exact) mass is 312 g/mol. The van der Waals surface area contributed by atoms with Crippen LogP contribution in [0.2, 0.25) is 5.67 Å². The van der Waals surface area contributed by atoms with E-state index in [1.165, 1.54) is 0 Å². The molecule has 2 atom stereocenters. The van der Waals surface area contributed by atoms with Crippen LogP contribution in [0.15, 0.2) is 0 Å². The highest BCUT2D eigenvalue weighted by Crippen LogP contribution is 2.44. The Kier molecular flexibility index (Phi) is 2.57. The van der Waals surface area contributed by atoms with Crippen molar-refractivity contribution in [2.75, 3.05) is 0 Å². The van der Waals surface area contributed by atoms with Crippen molar-refractivity contribution >= 4 is 67.5 Å². The van der Waals surface area contributed by atoms with Crippen molar-refractivity contribution in [3.05, 3.63) is 0 Å². The first-order valence-corrected chi connectivity index (χ1v) is 12.1. The van der Waals surface area contributed by atoms with Crippen LogP contribution in [0, 0.1) is 0 Å². The van der Waals surface area contributed by atoms with E-state index in [2.05, 4.69) is 31.2 Å². The molecule has 1 heterocycles. The van der Waals surface area contributed by atoms with Gasteiger partial charge in [0.15, 0.2) is 0 Å². The lowest BCUT2D eigenvalue weighted by atomic mass is 11.8. The number of hydrogen-bond acceptors (Lipinski definition) is 0. The van der Waals surface area contributed by atoms with Gasteiger partial charge in [-0.15, -0.1) is 37.5 Å². The third-order valence-corrected chi connectivity index (χ3v) is 28.7. The Bertz CT molecular complexity index is 108. The lowest BCUT2D eigenvalue weighted by molar-refractivity contribution is 1.60. The Morgan fingerprint density at radius 3 is 2.12 bits per heavy atom. The van der Waals surface area contributed by atoms with Crippen molar-refractivity contribution in [3.8, 4) is 0 Å². The van der Waals surface area contributed by atoms with Gasteiger partial charge in [0.2, 0.25) is 0 Å². The molecule has 0 aliphatic carbocycles. The Morgan fingerprint density at radius 1 is 1.62 bits per heavy atom. The van der Waals surface area contributed by atoms with E-state index < -0.39 is 14.1 Å². The van der Waals surface area contributed by atoms with E-state index in [0.29, 0.717) is 4.07 Å². The molecule has 0 radical (unpaired) electrons. The first kappa shape index (κ1) is 8.07. The fourth-order valence-corrected chi connectivity index (χ4v) is 29.1. The number of hydrogen-bond donors (Lipinski definition) is 0. The Hall–Kier alpha value is 1.97. The zero-order chi connectivity index (χ0) is 6.36. The molecule has 2 unspecified atom stereocenters. The summed E-state index contributed by atoms with van der Waals surface area (Å²) >= 11 is 18.8. The molecule has 0 saturated carbocycles. The van der Waals surface area contributed by atoms with E-state index in [1.807, 2.05) is 0 Å². The molecule has 1 rings (SSSR count). The standard InChI is InChI=1S/C2H4Br2Cl2Si2/c3-2-7(4)1-8(2,5)6/h2,7H,1H2. The van der Waals surface area contributed by atoms with Crippen LogP contribution in [0.5, 0.6) is 0 Å². The molecule has 0 aromatic heterocycles. The van der Waals surface area contributed by atoms with Crippen LogP contribution >= 0.6 is 53.4 Å². The summed E-state index contributed by atoms with van der Waals surface area (Å²) in [6.45, 7) is -1.74. The van der Waals surface area contributed by atoms with E-state index in [0.717, 1.165) is 5.67 Å². The summed E-state index contributed by atoms with van der Waals surface area (Å²) in [5.74, 6) is 0. The van der Waals surface area contributed by atoms with Crippen LogP contribution in [0.25, 0.3) is 0 Å². The predicted octanol–water partition coefficient (Wildman–Crippen LogP) is 2.42. The van der Waals surface area contributed by atoms with E-state index in [-0.39, 0.29) is 0 Å². The Morgan fingerprint density at radius 2 is 2.12 bits per heavy atom. The van der Waals surface area contributed by atoms with Gasteiger partial charge in [-0.3, -0.25) is 0 Å². The molecule has 1 aliphatic heterocycles. The molecule has 1 saturated heterocycles. The molecule has 48 valence electrons. The average Bonchev–Trinajstić information content (AvgIpc) is 1.65. The van der Waals surface area contributed by atoms with Gasteiger partial charge in [0.25, 0.3) is 6.69 Å². The Labute approximate surface area is 76.7 Å². The molecular weight excluding hydrogens is 311 g/mol. The summed E-state index contributed by atoms with van der Waals surface area (Å²) in [5.41, 5.74) is 1.10. The minimum Gasteiger partial charge on any atom is -0.145 e. The maximum absolute atomic E-state index is 5.91. The van der Waals surface area contributed by atoms with Gasteiger partial charge in [-0.2, -0.15) is 0 Å². The summed E-state index contributed by atoms with van der Waals surface area (Å²) in [5, 5.41) is 0. The van der Waals surface area contributed by atoms with Gasteiger partial charge in [0, 0.05) is 4.07 Å². The molecule has 1 fully saturated rings. The van der Waals surface area contributed by atoms with Crippen molar-refractivity contribution < 1.29 is 0 Å². The molecule has 0 aromatic rings. The van der Waals surface area contributed by atoms with Crippen molar-refractivity contribution in [1.82, 2.24) is 0 Å². The van der Waals surface area contributed by atoms with Crippen molar-refractivity contribution in [2.24, 2.45) is 0 Å². The second-order valence-corrected chi connectivity index (χ2v) is 19.0. The number of halogens is 4. The zero-order valence-electron chi connectivity index (χ0n) is 3.87. The van der Waals surface area contributed by atoms with E-state index >= 15 is 0 Å².